The number of nitrogens with one attached hydrogen (secondary N) is 1. The molecule has 25 heavy (non-hydrogen) atoms. The van der Waals surface area contributed by atoms with E-state index in [1.165, 1.54) is 6.08 Å². The van der Waals surface area contributed by atoms with Crippen molar-refractivity contribution < 1.29 is 23.6 Å². The van der Waals surface area contributed by atoms with Crippen LogP contribution in [0.4, 0.5) is 9.93 Å². The van der Waals surface area contributed by atoms with E-state index in [4.69, 9.17) is 9.47 Å². The zero-order valence-corrected chi connectivity index (χ0v) is 17.0. The van der Waals surface area contributed by atoms with Crippen LogP contribution in [0.3, 0.4) is 0 Å². The lowest BCUT2D eigenvalue weighted by Crippen LogP contribution is -2.27. The molecule has 0 aliphatic heterocycles. The van der Waals surface area contributed by atoms with E-state index in [9.17, 15) is 14.2 Å². The third-order valence-corrected chi connectivity index (χ3v) is 7.10. The molecular weight excluding hydrogens is 363 g/mol. The van der Waals surface area contributed by atoms with Gasteiger partial charge < -0.3 is 14.0 Å². The number of nitrogens with zero attached hydrogens (tertiary/aromatic N) is 1. The van der Waals surface area contributed by atoms with E-state index in [0.29, 0.717) is 17.2 Å². The molecule has 0 aliphatic rings. The average molecular weight is 388 g/mol. The second-order valence-electron chi connectivity index (χ2n) is 6.31. The van der Waals surface area contributed by atoms with Gasteiger partial charge in [0, 0.05) is 12.3 Å². The number of amides is 1. The topological polar surface area (TPSA) is 94.6 Å². The van der Waals surface area contributed by atoms with Crippen molar-refractivity contribution in [3.05, 3.63) is 17.2 Å². The number of ether oxygens (including phenoxy) is 2. The number of carbonyl (C=O) groups excluding carboxylic acids is 2. The fourth-order valence-electron chi connectivity index (χ4n) is 1.71. The van der Waals surface area contributed by atoms with Gasteiger partial charge in [-0.15, -0.1) is 0 Å². The summed E-state index contributed by atoms with van der Waals surface area (Å²) in [6.45, 7) is 12.5. The van der Waals surface area contributed by atoms with Crippen molar-refractivity contribution in [1.29, 1.82) is 0 Å². The lowest BCUT2D eigenvalue weighted by atomic mass is 10.2. The van der Waals surface area contributed by atoms with Crippen LogP contribution in [-0.2, 0) is 14.0 Å². The van der Waals surface area contributed by atoms with Crippen LogP contribution in [0, 0.1) is 0 Å². The highest BCUT2D eigenvalue weighted by Gasteiger charge is 2.24. The van der Waals surface area contributed by atoms with Crippen molar-refractivity contribution in [2.45, 2.75) is 40.2 Å². The van der Waals surface area contributed by atoms with Crippen LogP contribution in [0.25, 0.3) is 6.08 Å². The number of rotatable bonds is 7. The largest absolute Gasteiger partial charge is 0.453 e. The first-order valence-corrected chi connectivity index (χ1v) is 11.0. The van der Waals surface area contributed by atoms with Crippen LogP contribution in [0.15, 0.2) is 6.58 Å². The van der Waals surface area contributed by atoms with Crippen LogP contribution in [-0.4, -0.2) is 41.3 Å². The Kier molecular flexibility index (Phi) is 7.38. The summed E-state index contributed by atoms with van der Waals surface area (Å²) in [7, 11) is -2.50. The lowest BCUT2D eigenvalue weighted by molar-refractivity contribution is 0.0561. The van der Waals surface area contributed by atoms with Crippen molar-refractivity contribution in [1.82, 2.24) is 4.98 Å². The second kappa shape index (κ2) is 8.63. The van der Waals surface area contributed by atoms with Gasteiger partial charge in [-0.1, -0.05) is 31.8 Å². The van der Waals surface area contributed by atoms with Gasteiger partial charge in [0.05, 0.1) is 4.88 Å². The maximum atomic E-state index is 12.3. The number of hydrogen-bond acceptors (Lipinski definition) is 7. The molecule has 7 nitrogen and oxygen atoms in total. The molecule has 1 rings (SSSR count). The predicted molar refractivity (Wildman–Crippen MR) is 101 cm³/mol. The lowest BCUT2D eigenvalue weighted by Gasteiger charge is -2.18. The molecule has 1 N–H and O–H groups in total. The summed E-state index contributed by atoms with van der Waals surface area (Å²) in [6.07, 6.45) is 1.59. The van der Waals surface area contributed by atoms with Gasteiger partial charge in [0.2, 0.25) is 0 Å². The Bertz CT molecular complexity index is 685. The summed E-state index contributed by atoms with van der Waals surface area (Å²) >= 11 is 1.08. The molecule has 140 valence electrons. The Labute approximate surface area is 152 Å². The molecule has 1 aromatic heterocycles. The Morgan fingerprint density at radius 3 is 2.40 bits per heavy atom. The third kappa shape index (κ3) is 6.63. The van der Waals surface area contributed by atoms with Crippen LogP contribution in [0.2, 0.25) is 0 Å². The number of esters is 1. The third-order valence-electron chi connectivity index (χ3n) is 3.22. The maximum absolute atomic E-state index is 12.3. The van der Waals surface area contributed by atoms with Crippen molar-refractivity contribution in [2.24, 2.45) is 0 Å². The predicted octanol–water partition coefficient (Wildman–Crippen LogP) is 4.65. The van der Waals surface area contributed by atoms with Crippen LogP contribution in [0.5, 0.6) is 0 Å². The van der Waals surface area contributed by atoms with Gasteiger partial charge in [0.1, 0.15) is 19.1 Å². The van der Waals surface area contributed by atoms with Gasteiger partial charge in [0.25, 0.3) is 0 Å². The monoisotopic (exact) mass is 388 g/mol. The molecule has 0 radical (unpaired) electrons. The fraction of sp³-hybridized carbons (Fsp3) is 0.562. The first-order valence-electron chi connectivity index (χ1n) is 7.91. The van der Waals surface area contributed by atoms with E-state index < -0.39 is 24.8 Å². The molecule has 0 fully saturated rings. The van der Waals surface area contributed by atoms with Gasteiger partial charge in [-0.05, 0) is 26.8 Å². The number of hydrogen-bond donors (Lipinski definition) is 1. The normalized spacial score (nSPS) is 11.7. The smallest absolute Gasteiger partial charge is 0.413 e. The van der Waals surface area contributed by atoms with Gasteiger partial charge in [-0.3, -0.25) is 5.32 Å². The van der Waals surface area contributed by atoms with E-state index in [-0.39, 0.29) is 17.2 Å². The molecule has 0 atom stereocenters. The summed E-state index contributed by atoms with van der Waals surface area (Å²) in [5, 5.41) is 2.68. The van der Waals surface area contributed by atoms with Gasteiger partial charge in [0.15, 0.2) is 10.8 Å². The highest BCUT2D eigenvalue weighted by Crippen LogP contribution is 2.44. The second-order valence-corrected chi connectivity index (χ2v) is 11.0. The fourth-order valence-corrected chi connectivity index (χ4v) is 3.67. The van der Waals surface area contributed by atoms with Crippen molar-refractivity contribution >= 4 is 41.7 Å². The minimum atomic E-state index is -2.50. The van der Waals surface area contributed by atoms with Gasteiger partial charge in [-0.25, -0.2) is 14.6 Å². The highest BCUT2D eigenvalue weighted by atomic mass is 32.1. The van der Waals surface area contributed by atoms with Crippen molar-refractivity contribution in [3.63, 3.8) is 0 Å². The molecule has 0 unspecified atom stereocenters. The minimum absolute atomic E-state index is 0.0322. The van der Waals surface area contributed by atoms with E-state index >= 15 is 0 Å². The molecule has 1 amide bonds. The number of thiazole rings is 1. The SMILES string of the molecule is C=Cc1sc(NC(=O)OC(C)(C)C)nc1C(=O)OCP(=O)(CC)CC. The zero-order chi connectivity index (χ0) is 19.3. The Morgan fingerprint density at radius 1 is 1.32 bits per heavy atom. The van der Waals surface area contributed by atoms with Crippen LogP contribution < -0.4 is 5.32 Å². The first-order chi connectivity index (χ1) is 11.5. The molecule has 0 saturated heterocycles. The Balaban J connectivity index is 2.85. The standard InChI is InChI=1S/C16H25N2O5PS/c1-7-11-12(13(19)22-10-24(21,8-2)9-3)17-14(25-11)18-15(20)23-16(4,5)6/h7H,1,8-10H2,2-6H3,(H,17,18,20). The Hall–Kier alpha value is -1.66. The summed E-state index contributed by atoms with van der Waals surface area (Å²) in [5.74, 6) is -0.689. The summed E-state index contributed by atoms with van der Waals surface area (Å²) in [6, 6.07) is 0. The first kappa shape index (κ1) is 21.4. The number of aromatic nitrogens is 1. The van der Waals surface area contributed by atoms with Gasteiger partial charge in [-0.2, -0.15) is 0 Å². The summed E-state index contributed by atoms with van der Waals surface area (Å²) < 4.78 is 22.6. The molecular formula is C16H25N2O5PS. The number of carbonyl (C=O) groups is 2. The minimum Gasteiger partial charge on any atom is -0.453 e. The number of anilines is 1. The molecule has 0 aliphatic carbocycles. The van der Waals surface area contributed by atoms with Crippen molar-refractivity contribution in [2.75, 3.05) is 24.0 Å². The maximum Gasteiger partial charge on any atom is 0.413 e. The van der Waals surface area contributed by atoms with E-state index in [2.05, 4.69) is 16.9 Å². The molecule has 9 heteroatoms. The van der Waals surface area contributed by atoms with Gasteiger partial charge >= 0.3 is 12.1 Å². The van der Waals surface area contributed by atoms with Crippen LogP contribution >= 0.6 is 18.5 Å². The average Bonchev–Trinajstić information content (AvgIpc) is 2.93. The Morgan fingerprint density at radius 2 is 1.92 bits per heavy atom. The molecule has 0 spiro atoms. The quantitative estimate of drug-likeness (QED) is 0.540. The zero-order valence-electron chi connectivity index (χ0n) is 15.2. The van der Waals surface area contributed by atoms with E-state index in [0.717, 1.165) is 11.3 Å². The van der Waals surface area contributed by atoms with E-state index in [1.807, 2.05) is 0 Å². The van der Waals surface area contributed by atoms with Crippen LogP contribution in [0.1, 0.15) is 50.0 Å². The highest BCUT2D eigenvalue weighted by molar-refractivity contribution is 7.63. The molecule has 0 aromatic carbocycles. The molecule has 1 aromatic rings. The van der Waals surface area contributed by atoms with E-state index in [1.54, 1.807) is 34.6 Å². The molecule has 0 bridgehead atoms. The summed E-state index contributed by atoms with van der Waals surface area (Å²) in [4.78, 5) is 28.6. The molecule has 0 saturated carbocycles. The summed E-state index contributed by atoms with van der Waals surface area (Å²) in [5.41, 5.74) is -0.615. The van der Waals surface area contributed by atoms with Crippen molar-refractivity contribution in [3.8, 4) is 0 Å². The molecule has 1 heterocycles.